The fourth-order valence-corrected chi connectivity index (χ4v) is 2.63. The van der Waals surface area contributed by atoms with Crippen LogP contribution in [0.15, 0.2) is 15.9 Å². The number of rotatable bonds is 6. The lowest BCUT2D eigenvalue weighted by molar-refractivity contribution is -0.146. The summed E-state index contributed by atoms with van der Waals surface area (Å²) in [6.45, 7) is 4.76. The molecule has 0 aliphatic rings. The highest BCUT2D eigenvalue weighted by atomic mass is 79.9. The van der Waals surface area contributed by atoms with Gasteiger partial charge in [0, 0.05) is 21.3 Å². The molecule has 0 spiro atoms. The molecule has 0 radical (unpaired) electrons. The van der Waals surface area contributed by atoms with Gasteiger partial charge in [-0.3, -0.25) is 4.79 Å². The van der Waals surface area contributed by atoms with E-state index < -0.39 is 11.4 Å². The van der Waals surface area contributed by atoms with Crippen LogP contribution in [-0.2, 0) is 11.2 Å². The van der Waals surface area contributed by atoms with Gasteiger partial charge in [-0.2, -0.15) is 0 Å². The first-order valence-corrected chi connectivity index (χ1v) is 6.76. The maximum Gasteiger partial charge on any atom is 0.310 e. The zero-order valence-corrected chi connectivity index (χ0v) is 11.8. The number of carbonyl (C=O) groups is 1. The van der Waals surface area contributed by atoms with Gasteiger partial charge in [0.05, 0.1) is 5.41 Å². The number of nitrogens with one attached hydrogen (secondary N) is 1. The molecular weight excluding hydrogens is 290 g/mol. The summed E-state index contributed by atoms with van der Waals surface area (Å²) in [4.78, 5) is 12.1. The standard InChI is InChI=1S/C11H16BrNO2S/c1-11(2,10(14)15)7-13-4-3-9-5-8(12)6-16-9/h5-6,13H,3-4,7H2,1-2H3,(H,14,15). The molecule has 1 heterocycles. The molecule has 2 N–H and O–H groups in total. The summed E-state index contributed by atoms with van der Waals surface area (Å²) in [5.41, 5.74) is -0.698. The Hall–Kier alpha value is -0.390. The summed E-state index contributed by atoms with van der Waals surface area (Å²) < 4.78 is 1.11. The third-order valence-corrected chi connectivity index (χ3v) is 4.07. The molecule has 0 saturated carbocycles. The zero-order valence-electron chi connectivity index (χ0n) is 9.42. The molecule has 5 heteroatoms. The zero-order chi connectivity index (χ0) is 12.2. The molecule has 0 unspecified atom stereocenters. The minimum atomic E-state index is -0.765. The molecule has 90 valence electrons. The first-order chi connectivity index (χ1) is 7.42. The Morgan fingerprint density at radius 2 is 2.31 bits per heavy atom. The lowest BCUT2D eigenvalue weighted by atomic mass is 9.94. The topological polar surface area (TPSA) is 49.3 Å². The fourth-order valence-electron chi connectivity index (χ4n) is 1.17. The highest BCUT2D eigenvalue weighted by Gasteiger charge is 2.26. The molecular formula is C11H16BrNO2S. The monoisotopic (exact) mass is 305 g/mol. The molecule has 0 amide bonds. The Bertz CT molecular complexity index is 363. The van der Waals surface area contributed by atoms with Crippen LogP contribution in [0.2, 0.25) is 0 Å². The van der Waals surface area contributed by atoms with Crippen LogP contribution in [0.1, 0.15) is 18.7 Å². The van der Waals surface area contributed by atoms with Crippen LogP contribution in [0, 0.1) is 5.41 Å². The van der Waals surface area contributed by atoms with E-state index in [0.29, 0.717) is 6.54 Å². The molecule has 0 aliphatic carbocycles. The van der Waals surface area contributed by atoms with Gasteiger partial charge in [0.2, 0.25) is 0 Å². The number of hydrogen-bond donors (Lipinski definition) is 2. The second-order valence-electron chi connectivity index (χ2n) is 4.35. The van der Waals surface area contributed by atoms with E-state index in [1.807, 2.05) is 0 Å². The van der Waals surface area contributed by atoms with Gasteiger partial charge in [0.1, 0.15) is 0 Å². The molecule has 1 aromatic rings. The van der Waals surface area contributed by atoms with E-state index in [0.717, 1.165) is 17.4 Å². The van der Waals surface area contributed by atoms with Gasteiger partial charge >= 0.3 is 5.97 Å². The quantitative estimate of drug-likeness (QED) is 0.795. The average molecular weight is 306 g/mol. The van der Waals surface area contributed by atoms with E-state index in [2.05, 4.69) is 32.7 Å². The fraction of sp³-hybridized carbons (Fsp3) is 0.545. The van der Waals surface area contributed by atoms with Crippen LogP contribution in [0.4, 0.5) is 0 Å². The van der Waals surface area contributed by atoms with Crippen LogP contribution in [-0.4, -0.2) is 24.2 Å². The number of thiophene rings is 1. The maximum absolute atomic E-state index is 10.8. The van der Waals surface area contributed by atoms with Gasteiger partial charge in [0.15, 0.2) is 0 Å². The number of hydrogen-bond acceptors (Lipinski definition) is 3. The molecule has 0 fully saturated rings. The SMILES string of the molecule is CC(C)(CNCCc1cc(Br)cs1)C(=O)O. The molecule has 0 bridgehead atoms. The summed E-state index contributed by atoms with van der Waals surface area (Å²) in [5.74, 6) is -0.765. The van der Waals surface area contributed by atoms with Crippen molar-refractivity contribution in [2.75, 3.05) is 13.1 Å². The van der Waals surface area contributed by atoms with E-state index in [-0.39, 0.29) is 0 Å². The van der Waals surface area contributed by atoms with Crippen LogP contribution < -0.4 is 5.32 Å². The minimum absolute atomic E-state index is 0.495. The van der Waals surface area contributed by atoms with Crippen LogP contribution in [0.5, 0.6) is 0 Å². The smallest absolute Gasteiger partial charge is 0.310 e. The molecule has 0 aromatic carbocycles. The van der Waals surface area contributed by atoms with E-state index in [4.69, 9.17) is 5.11 Å². The molecule has 0 atom stereocenters. The van der Waals surface area contributed by atoms with Crippen molar-refractivity contribution < 1.29 is 9.90 Å². The van der Waals surface area contributed by atoms with Gasteiger partial charge in [-0.05, 0) is 48.8 Å². The Morgan fingerprint density at radius 1 is 1.62 bits per heavy atom. The van der Waals surface area contributed by atoms with Crippen LogP contribution >= 0.6 is 27.3 Å². The highest BCUT2D eigenvalue weighted by Crippen LogP contribution is 2.20. The normalized spacial score (nSPS) is 11.7. The van der Waals surface area contributed by atoms with Gasteiger partial charge in [-0.25, -0.2) is 0 Å². The van der Waals surface area contributed by atoms with Crippen molar-refractivity contribution in [1.82, 2.24) is 5.32 Å². The minimum Gasteiger partial charge on any atom is -0.481 e. The summed E-state index contributed by atoms with van der Waals surface area (Å²) >= 11 is 5.11. The predicted molar refractivity (Wildman–Crippen MR) is 70.0 cm³/mol. The van der Waals surface area contributed by atoms with Crippen molar-refractivity contribution in [3.05, 3.63) is 20.8 Å². The summed E-state index contributed by atoms with van der Waals surface area (Å²) in [5, 5.41) is 14.1. The molecule has 0 saturated heterocycles. The van der Waals surface area contributed by atoms with Crippen LogP contribution in [0.3, 0.4) is 0 Å². The van der Waals surface area contributed by atoms with Crippen molar-refractivity contribution in [3.8, 4) is 0 Å². The van der Waals surface area contributed by atoms with E-state index >= 15 is 0 Å². The van der Waals surface area contributed by atoms with Crippen molar-refractivity contribution in [3.63, 3.8) is 0 Å². The average Bonchev–Trinajstić information content (AvgIpc) is 2.59. The molecule has 16 heavy (non-hydrogen) atoms. The maximum atomic E-state index is 10.8. The van der Waals surface area contributed by atoms with Crippen molar-refractivity contribution in [2.45, 2.75) is 20.3 Å². The first-order valence-electron chi connectivity index (χ1n) is 5.09. The summed E-state index contributed by atoms with van der Waals surface area (Å²) in [7, 11) is 0. The number of halogens is 1. The Morgan fingerprint density at radius 3 is 2.81 bits per heavy atom. The predicted octanol–water partition coefficient (Wildman–Crippen LogP) is 2.75. The highest BCUT2D eigenvalue weighted by molar-refractivity contribution is 9.10. The third kappa shape index (κ3) is 4.23. The van der Waals surface area contributed by atoms with Crippen LogP contribution in [0.25, 0.3) is 0 Å². The Labute approximate surface area is 108 Å². The van der Waals surface area contributed by atoms with Gasteiger partial charge in [-0.15, -0.1) is 11.3 Å². The molecule has 1 rings (SSSR count). The molecule has 1 aromatic heterocycles. The lowest BCUT2D eigenvalue weighted by Crippen LogP contribution is -2.36. The van der Waals surface area contributed by atoms with Crippen molar-refractivity contribution >= 4 is 33.2 Å². The van der Waals surface area contributed by atoms with E-state index in [1.165, 1.54) is 4.88 Å². The van der Waals surface area contributed by atoms with E-state index in [1.54, 1.807) is 25.2 Å². The number of carboxylic acids is 1. The Kier molecular flexibility index (Phi) is 4.95. The van der Waals surface area contributed by atoms with Crippen molar-refractivity contribution in [1.29, 1.82) is 0 Å². The second kappa shape index (κ2) is 5.80. The summed E-state index contributed by atoms with van der Waals surface area (Å²) in [6.07, 6.45) is 0.936. The first kappa shape index (κ1) is 13.7. The second-order valence-corrected chi connectivity index (χ2v) is 6.26. The molecule has 0 aliphatic heterocycles. The van der Waals surface area contributed by atoms with Gasteiger partial charge < -0.3 is 10.4 Å². The Balaban J connectivity index is 2.24. The third-order valence-electron chi connectivity index (χ3n) is 2.32. The number of carboxylic acid groups (broad SMARTS) is 1. The van der Waals surface area contributed by atoms with E-state index in [9.17, 15) is 4.79 Å². The van der Waals surface area contributed by atoms with Gasteiger partial charge in [0.25, 0.3) is 0 Å². The molecule has 3 nitrogen and oxygen atoms in total. The van der Waals surface area contributed by atoms with Crippen molar-refractivity contribution in [2.24, 2.45) is 5.41 Å². The largest absolute Gasteiger partial charge is 0.481 e. The summed E-state index contributed by atoms with van der Waals surface area (Å²) in [6, 6.07) is 2.09. The van der Waals surface area contributed by atoms with Gasteiger partial charge in [-0.1, -0.05) is 0 Å². The number of aliphatic carboxylic acids is 1. The lowest BCUT2D eigenvalue weighted by Gasteiger charge is -2.19.